The zero-order valence-electron chi connectivity index (χ0n) is 11.3. The van der Waals surface area contributed by atoms with Crippen LogP contribution in [0, 0.1) is 5.41 Å². The maximum absolute atomic E-state index is 12.2. The number of nitrogens with zero attached hydrogens (tertiary/aromatic N) is 1. The molecule has 0 aromatic rings. The van der Waals surface area contributed by atoms with Crippen molar-refractivity contribution in [1.29, 1.82) is 0 Å². The van der Waals surface area contributed by atoms with E-state index >= 15 is 0 Å². The summed E-state index contributed by atoms with van der Waals surface area (Å²) in [6.45, 7) is 7.65. The van der Waals surface area contributed by atoms with Gasteiger partial charge < -0.3 is 10.2 Å². The molecule has 0 radical (unpaired) electrons. The standard InChI is InChI=1S/C14H26N2O/c1-14(2)6-4-9-16(10-7-14)13(17)11-12-5-3-8-15-12/h12,15H,3-11H2,1-2H3. The van der Waals surface area contributed by atoms with Crippen LogP contribution < -0.4 is 5.32 Å². The van der Waals surface area contributed by atoms with Gasteiger partial charge in [-0.15, -0.1) is 0 Å². The molecule has 0 spiro atoms. The first-order valence-corrected chi connectivity index (χ1v) is 7.08. The third-order valence-corrected chi connectivity index (χ3v) is 4.28. The van der Waals surface area contributed by atoms with Crippen molar-refractivity contribution in [3.8, 4) is 0 Å². The smallest absolute Gasteiger partial charge is 0.224 e. The molecule has 1 unspecified atom stereocenters. The van der Waals surface area contributed by atoms with Crippen LogP contribution in [0.15, 0.2) is 0 Å². The fourth-order valence-electron chi connectivity index (χ4n) is 2.94. The Morgan fingerprint density at radius 3 is 2.82 bits per heavy atom. The highest BCUT2D eigenvalue weighted by Gasteiger charge is 2.27. The molecule has 0 bridgehead atoms. The zero-order chi connectivity index (χ0) is 12.3. The number of carbonyl (C=O) groups excluding carboxylic acids is 1. The second-order valence-corrected chi connectivity index (χ2v) is 6.40. The van der Waals surface area contributed by atoms with Gasteiger partial charge in [0, 0.05) is 25.6 Å². The molecule has 17 heavy (non-hydrogen) atoms. The van der Waals surface area contributed by atoms with E-state index in [9.17, 15) is 4.79 Å². The van der Waals surface area contributed by atoms with E-state index in [2.05, 4.69) is 24.1 Å². The number of hydrogen-bond acceptors (Lipinski definition) is 2. The van der Waals surface area contributed by atoms with Gasteiger partial charge in [0.15, 0.2) is 0 Å². The molecule has 2 aliphatic heterocycles. The average Bonchev–Trinajstić information content (AvgIpc) is 2.68. The van der Waals surface area contributed by atoms with Gasteiger partial charge >= 0.3 is 0 Å². The van der Waals surface area contributed by atoms with Crippen LogP contribution in [0.3, 0.4) is 0 Å². The highest BCUT2D eigenvalue weighted by Crippen LogP contribution is 2.30. The zero-order valence-corrected chi connectivity index (χ0v) is 11.3. The normalized spacial score (nSPS) is 29.1. The van der Waals surface area contributed by atoms with E-state index in [1.807, 2.05) is 0 Å². The van der Waals surface area contributed by atoms with Crippen molar-refractivity contribution in [1.82, 2.24) is 10.2 Å². The van der Waals surface area contributed by atoms with Crippen molar-refractivity contribution in [3.63, 3.8) is 0 Å². The van der Waals surface area contributed by atoms with Gasteiger partial charge in [0.25, 0.3) is 0 Å². The van der Waals surface area contributed by atoms with Crippen LogP contribution in [0.25, 0.3) is 0 Å². The van der Waals surface area contributed by atoms with Gasteiger partial charge in [0.2, 0.25) is 5.91 Å². The fraction of sp³-hybridized carbons (Fsp3) is 0.929. The van der Waals surface area contributed by atoms with Crippen LogP contribution in [-0.4, -0.2) is 36.5 Å². The lowest BCUT2D eigenvalue weighted by atomic mass is 9.85. The minimum atomic E-state index is 0.363. The van der Waals surface area contributed by atoms with Crippen molar-refractivity contribution < 1.29 is 4.79 Å². The van der Waals surface area contributed by atoms with Crippen molar-refractivity contribution >= 4 is 5.91 Å². The molecule has 2 rings (SSSR count). The maximum Gasteiger partial charge on any atom is 0.224 e. The molecule has 0 saturated carbocycles. The van der Waals surface area contributed by atoms with Crippen LogP contribution in [-0.2, 0) is 4.79 Å². The Bertz CT molecular complexity index is 269. The van der Waals surface area contributed by atoms with Crippen LogP contribution in [0.1, 0.15) is 52.4 Å². The highest BCUT2D eigenvalue weighted by molar-refractivity contribution is 5.76. The predicted molar refractivity (Wildman–Crippen MR) is 69.9 cm³/mol. The lowest BCUT2D eigenvalue weighted by Crippen LogP contribution is -2.36. The van der Waals surface area contributed by atoms with E-state index in [0.29, 0.717) is 23.8 Å². The summed E-state index contributed by atoms with van der Waals surface area (Å²) in [5.74, 6) is 0.363. The molecule has 2 aliphatic rings. The summed E-state index contributed by atoms with van der Waals surface area (Å²) < 4.78 is 0. The average molecular weight is 238 g/mol. The number of amides is 1. The molecule has 1 N–H and O–H groups in total. The molecular formula is C14H26N2O. The van der Waals surface area contributed by atoms with Crippen molar-refractivity contribution in [3.05, 3.63) is 0 Å². The first kappa shape index (κ1) is 12.9. The first-order chi connectivity index (χ1) is 8.07. The summed E-state index contributed by atoms with van der Waals surface area (Å²) in [6.07, 6.45) is 6.67. The monoisotopic (exact) mass is 238 g/mol. The minimum absolute atomic E-state index is 0.363. The molecule has 98 valence electrons. The lowest BCUT2D eigenvalue weighted by Gasteiger charge is -2.24. The Labute approximate surface area is 105 Å². The van der Waals surface area contributed by atoms with E-state index in [0.717, 1.165) is 32.5 Å². The van der Waals surface area contributed by atoms with E-state index in [4.69, 9.17) is 0 Å². The van der Waals surface area contributed by atoms with E-state index in [-0.39, 0.29) is 0 Å². The van der Waals surface area contributed by atoms with Gasteiger partial charge in [-0.25, -0.2) is 0 Å². The molecule has 0 aliphatic carbocycles. The van der Waals surface area contributed by atoms with Crippen LogP contribution in [0.5, 0.6) is 0 Å². The topological polar surface area (TPSA) is 32.3 Å². The quantitative estimate of drug-likeness (QED) is 0.799. The summed E-state index contributed by atoms with van der Waals surface area (Å²) >= 11 is 0. The highest BCUT2D eigenvalue weighted by atomic mass is 16.2. The fourth-order valence-corrected chi connectivity index (χ4v) is 2.94. The number of likely N-dealkylation sites (tertiary alicyclic amines) is 1. The second-order valence-electron chi connectivity index (χ2n) is 6.40. The molecule has 3 nitrogen and oxygen atoms in total. The third-order valence-electron chi connectivity index (χ3n) is 4.28. The number of rotatable bonds is 2. The first-order valence-electron chi connectivity index (χ1n) is 7.08. The summed E-state index contributed by atoms with van der Waals surface area (Å²) in [5, 5.41) is 3.41. The van der Waals surface area contributed by atoms with Crippen LogP contribution in [0.2, 0.25) is 0 Å². The Balaban J connectivity index is 1.82. The van der Waals surface area contributed by atoms with E-state index in [1.54, 1.807) is 0 Å². The van der Waals surface area contributed by atoms with Crippen LogP contribution >= 0.6 is 0 Å². The molecule has 1 amide bonds. The Kier molecular flexibility index (Phi) is 4.08. The molecular weight excluding hydrogens is 212 g/mol. The van der Waals surface area contributed by atoms with Crippen molar-refractivity contribution in [2.24, 2.45) is 5.41 Å². The second kappa shape index (κ2) is 5.38. The molecule has 2 fully saturated rings. The van der Waals surface area contributed by atoms with Crippen molar-refractivity contribution in [2.75, 3.05) is 19.6 Å². The van der Waals surface area contributed by atoms with Gasteiger partial charge in [-0.05, 0) is 44.1 Å². The van der Waals surface area contributed by atoms with Gasteiger partial charge in [-0.1, -0.05) is 13.8 Å². The van der Waals surface area contributed by atoms with E-state index in [1.165, 1.54) is 19.3 Å². The molecule has 3 heteroatoms. The summed E-state index contributed by atoms with van der Waals surface area (Å²) in [4.78, 5) is 14.3. The maximum atomic E-state index is 12.2. The largest absolute Gasteiger partial charge is 0.343 e. The van der Waals surface area contributed by atoms with Gasteiger partial charge in [-0.3, -0.25) is 4.79 Å². The molecule has 1 atom stereocenters. The molecule has 0 aromatic heterocycles. The Hall–Kier alpha value is -0.570. The van der Waals surface area contributed by atoms with Gasteiger partial charge in [0.05, 0.1) is 0 Å². The SMILES string of the molecule is CC1(C)CCCN(C(=O)CC2CCCN2)CC1. The van der Waals surface area contributed by atoms with Gasteiger partial charge in [0.1, 0.15) is 0 Å². The molecule has 0 aromatic carbocycles. The van der Waals surface area contributed by atoms with Gasteiger partial charge in [-0.2, -0.15) is 0 Å². The summed E-state index contributed by atoms with van der Waals surface area (Å²) in [7, 11) is 0. The summed E-state index contributed by atoms with van der Waals surface area (Å²) in [5.41, 5.74) is 0.417. The summed E-state index contributed by atoms with van der Waals surface area (Å²) in [6, 6.07) is 0.443. The minimum Gasteiger partial charge on any atom is -0.343 e. The third kappa shape index (κ3) is 3.70. The molecule has 2 saturated heterocycles. The Morgan fingerprint density at radius 1 is 1.29 bits per heavy atom. The molecule has 2 heterocycles. The van der Waals surface area contributed by atoms with Crippen LogP contribution in [0.4, 0.5) is 0 Å². The number of nitrogens with one attached hydrogen (secondary N) is 1. The number of carbonyl (C=O) groups is 1. The van der Waals surface area contributed by atoms with E-state index < -0.39 is 0 Å². The van der Waals surface area contributed by atoms with Crippen molar-refractivity contribution in [2.45, 2.75) is 58.4 Å². The predicted octanol–water partition coefficient (Wildman–Crippen LogP) is 2.17. The Morgan fingerprint density at radius 2 is 2.12 bits per heavy atom. The number of hydrogen-bond donors (Lipinski definition) is 1. The lowest BCUT2D eigenvalue weighted by molar-refractivity contribution is -0.131.